The van der Waals surface area contributed by atoms with Gasteiger partial charge in [0.05, 0.1) is 23.0 Å². The summed E-state index contributed by atoms with van der Waals surface area (Å²) in [5.41, 5.74) is 2.16. The molecule has 3 aromatic heterocycles. The number of nitrogens with zero attached hydrogens (tertiary/aromatic N) is 6. The third-order valence-corrected chi connectivity index (χ3v) is 7.43. The van der Waals surface area contributed by atoms with E-state index in [2.05, 4.69) is 51.3 Å². The van der Waals surface area contributed by atoms with Crippen LogP contribution in [0.4, 0.5) is 20.5 Å². The number of carbonyl (C=O) groups excluding carboxylic acids is 1. The van der Waals surface area contributed by atoms with Crippen LogP contribution in [0.15, 0.2) is 30.5 Å². The van der Waals surface area contributed by atoms with Crippen molar-refractivity contribution in [3.8, 4) is 11.3 Å². The Morgan fingerprint density at radius 2 is 1.74 bits per heavy atom. The number of carbonyl (C=O) groups is 1. The number of nitrogens with one attached hydrogen (secondary N) is 2. The first-order valence-electron chi connectivity index (χ1n) is 14.3. The Balaban J connectivity index is 1.34. The maximum Gasteiger partial charge on any atom is 0.255 e. The topological polar surface area (TPSA) is 101 Å². The number of likely N-dealkylation sites (tertiary alicyclic amines) is 1. The van der Waals surface area contributed by atoms with Crippen molar-refractivity contribution in [1.82, 2.24) is 34.7 Å². The molecule has 1 aliphatic heterocycles. The molecule has 0 unspecified atom stereocenters. The van der Waals surface area contributed by atoms with Gasteiger partial charge in [-0.3, -0.25) is 4.79 Å². The number of aromatic nitrogens is 5. The third-order valence-electron chi connectivity index (χ3n) is 7.43. The van der Waals surface area contributed by atoms with Crippen LogP contribution in [0.2, 0.25) is 0 Å². The molecule has 4 aromatic rings. The average Bonchev–Trinajstić information content (AvgIpc) is 3.25. The van der Waals surface area contributed by atoms with E-state index in [-0.39, 0.29) is 40.2 Å². The van der Waals surface area contributed by atoms with E-state index in [4.69, 9.17) is 0 Å². The molecule has 4 heterocycles. The Hall–Kier alpha value is -3.99. The first kappa shape index (κ1) is 29.5. The molecular weight excluding hydrogens is 538 g/mol. The lowest BCUT2D eigenvalue weighted by molar-refractivity contribution is 0.0696. The van der Waals surface area contributed by atoms with Crippen LogP contribution in [0.3, 0.4) is 0 Å². The highest BCUT2D eigenvalue weighted by atomic mass is 19.1. The summed E-state index contributed by atoms with van der Waals surface area (Å²) in [5.74, 6) is -0.103. The first-order chi connectivity index (χ1) is 19.8. The highest BCUT2D eigenvalue weighted by Gasteiger charge is 2.27. The molecule has 1 saturated heterocycles. The molecule has 0 radical (unpaired) electrons. The van der Waals surface area contributed by atoms with Crippen LogP contribution < -0.4 is 10.6 Å². The standard InChI is InChI=1S/C31H38F2N8O/c1-17(2)41-19(4)36-28-23(32)14-20(15-25(28)41)27-24(33)16-34-30(38-27)37-26-9-8-22(18(3)35-26)29(42)40-12-10-21(11-13-40)39-31(5,6)7/h8-9,14-17,21,39H,10-13H2,1-7H3,(H,34,35,37,38). The zero-order chi connectivity index (χ0) is 30.3. The molecule has 0 spiro atoms. The van der Waals surface area contributed by atoms with Gasteiger partial charge in [-0.25, -0.2) is 28.7 Å². The number of fused-ring (bicyclic) bond motifs is 1. The van der Waals surface area contributed by atoms with Crippen molar-refractivity contribution in [3.05, 3.63) is 59.2 Å². The van der Waals surface area contributed by atoms with E-state index in [1.807, 2.05) is 30.2 Å². The van der Waals surface area contributed by atoms with Crippen LogP contribution >= 0.6 is 0 Å². The summed E-state index contributed by atoms with van der Waals surface area (Å²) in [4.78, 5) is 32.4. The number of hydrogen-bond donors (Lipinski definition) is 2. The summed E-state index contributed by atoms with van der Waals surface area (Å²) in [5, 5.41) is 6.62. The van der Waals surface area contributed by atoms with Crippen molar-refractivity contribution in [3.63, 3.8) is 0 Å². The molecule has 1 amide bonds. The Morgan fingerprint density at radius 3 is 2.38 bits per heavy atom. The van der Waals surface area contributed by atoms with Crippen molar-refractivity contribution in [2.75, 3.05) is 18.4 Å². The van der Waals surface area contributed by atoms with Crippen molar-refractivity contribution < 1.29 is 13.6 Å². The molecule has 11 heteroatoms. The highest BCUT2D eigenvalue weighted by molar-refractivity contribution is 5.95. The van der Waals surface area contributed by atoms with E-state index in [1.165, 1.54) is 6.07 Å². The normalized spacial score (nSPS) is 14.7. The van der Waals surface area contributed by atoms with Gasteiger partial charge in [0.1, 0.15) is 22.9 Å². The summed E-state index contributed by atoms with van der Waals surface area (Å²) < 4.78 is 31.9. The van der Waals surface area contributed by atoms with Crippen LogP contribution in [-0.4, -0.2) is 60.0 Å². The van der Waals surface area contributed by atoms with Gasteiger partial charge in [-0.05, 0) is 85.6 Å². The van der Waals surface area contributed by atoms with E-state index >= 15 is 4.39 Å². The largest absolute Gasteiger partial charge is 0.338 e. The number of anilines is 2. The van der Waals surface area contributed by atoms with Crippen molar-refractivity contribution in [1.29, 1.82) is 0 Å². The fourth-order valence-electron chi connectivity index (χ4n) is 5.67. The summed E-state index contributed by atoms with van der Waals surface area (Å²) in [6.45, 7) is 15.4. The van der Waals surface area contributed by atoms with E-state index in [1.54, 1.807) is 25.1 Å². The van der Waals surface area contributed by atoms with Crippen LogP contribution in [0.5, 0.6) is 0 Å². The average molecular weight is 577 g/mol. The molecule has 9 nitrogen and oxygen atoms in total. The first-order valence-corrected chi connectivity index (χ1v) is 14.3. The lowest BCUT2D eigenvalue weighted by Gasteiger charge is -2.36. The predicted octanol–water partition coefficient (Wildman–Crippen LogP) is 6.10. The summed E-state index contributed by atoms with van der Waals surface area (Å²) >= 11 is 0. The smallest absolute Gasteiger partial charge is 0.255 e. The number of rotatable bonds is 6. The molecule has 222 valence electrons. The fraction of sp³-hybridized carbons (Fsp3) is 0.452. The minimum absolute atomic E-state index is 0.0372. The van der Waals surface area contributed by atoms with Crippen molar-refractivity contribution in [2.24, 2.45) is 0 Å². The molecule has 1 aliphatic rings. The van der Waals surface area contributed by atoms with Gasteiger partial charge in [0.25, 0.3) is 5.91 Å². The molecule has 0 bridgehead atoms. The molecule has 42 heavy (non-hydrogen) atoms. The molecular formula is C31H38F2N8O. The van der Waals surface area contributed by atoms with Gasteiger partial charge in [0, 0.05) is 36.3 Å². The Kier molecular flexibility index (Phi) is 7.98. The third kappa shape index (κ3) is 6.11. The zero-order valence-corrected chi connectivity index (χ0v) is 25.2. The second-order valence-electron chi connectivity index (χ2n) is 12.3. The second kappa shape index (κ2) is 11.4. The zero-order valence-electron chi connectivity index (χ0n) is 25.2. The van der Waals surface area contributed by atoms with Crippen LogP contribution in [-0.2, 0) is 0 Å². The summed E-state index contributed by atoms with van der Waals surface area (Å²) in [6, 6.07) is 6.77. The summed E-state index contributed by atoms with van der Waals surface area (Å²) in [7, 11) is 0. The quantitative estimate of drug-likeness (QED) is 0.286. The van der Waals surface area contributed by atoms with Gasteiger partial charge < -0.3 is 20.1 Å². The maximum atomic E-state index is 15.0. The van der Waals surface area contributed by atoms with E-state index in [0.717, 1.165) is 19.0 Å². The fourth-order valence-corrected chi connectivity index (χ4v) is 5.67. The minimum atomic E-state index is -0.682. The van der Waals surface area contributed by atoms with Gasteiger partial charge in [-0.15, -0.1) is 0 Å². The highest BCUT2D eigenvalue weighted by Crippen LogP contribution is 2.30. The Labute approximate surface area is 244 Å². The number of imidazole rings is 1. The molecule has 1 fully saturated rings. The van der Waals surface area contributed by atoms with Gasteiger partial charge in [0.15, 0.2) is 11.6 Å². The molecule has 5 rings (SSSR count). The van der Waals surface area contributed by atoms with Crippen LogP contribution in [0.25, 0.3) is 22.3 Å². The van der Waals surface area contributed by atoms with Crippen LogP contribution in [0, 0.1) is 25.5 Å². The van der Waals surface area contributed by atoms with Crippen molar-refractivity contribution in [2.45, 2.75) is 78.9 Å². The second-order valence-corrected chi connectivity index (χ2v) is 12.3. The summed E-state index contributed by atoms with van der Waals surface area (Å²) in [6.07, 6.45) is 2.84. The lowest BCUT2D eigenvalue weighted by atomic mass is 9.99. The number of piperidine rings is 1. The number of halogens is 2. The van der Waals surface area contributed by atoms with Gasteiger partial charge in [-0.1, -0.05) is 0 Å². The predicted molar refractivity (Wildman–Crippen MR) is 160 cm³/mol. The van der Waals surface area contributed by atoms with Gasteiger partial charge in [-0.2, -0.15) is 0 Å². The molecule has 0 aliphatic carbocycles. The number of aryl methyl sites for hydroxylation is 2. The minimum Gasteiger partial charge on any atom is -0.338 e. The number of pyridine rings is 1. The van der Waals surface area contributed by atoms with E-state index < -0.39 is 11.6 Å². The molecule has 2 N–H and O–H groups in total. The monoisotopic (exact) mass is 576 g/mol. The van der Waals surface area contributed by atoms with E-state index in [9.17, 15) is 9.18 Å². The molecule has 0 atom stereocenters. The number of amides is 1. The number of hydrogen-bond acceptors (Lipinski definition) is 7. The Morgan fingerprint density at radius 1 is 1.02 bits per heavy atom. The maximum absolute atomic E-state index is 15.0. The number of benzene rings is 1. The molecule has 0 saturated carbocycles. The van der Waals surface area contributed by atoms with Crippen molar-refractivity contribution >= 4 is 28.7 Å². The lowest BCUT2D eigenvalue weighted by Crippen LogP contribution is -2.50. The van der Waals surface area contributed by atoms with Gasteiger partial charge in [0.2, 0.25) is 5.95 Å². The van der Waals surface area contributed by atoms with Gasteiger partial charge >= 0.3 is 0 Å². The molecule has 1 aromatic carbocycles. The SMILES string of the molecule is Cc1nc(Nc2ncc(F)c(-c3cc(F)c4nc(C)n(C(C)C)c4c3)n2)ccc1C(=O)N1CCC(NC(C)(C)C)CC1. The Bertz CT molecular complexity index is 1630. The van der Waals surface area contributed by atoms with E-state index in [0.29, 0.717) is 47.5 Å². The van der Waals surface area contributed by atoms with Crippen LogP contribution in [0.1, 0.15) is 75.4 Å².